The lowest BCUT2D eigenvalue weighted by Crippen LogP contribution is -2.58. The van der Waals surface area contributed by atoms with Crippen molar-refractivity contribution in [3.63, 3.8) is 0 Å². The number of hydrogen-bond donors (Lipinski definition) is 0. The van der Waals surface area contributed by atoms with Crippen molar-refractivity contribution < 1.29 is 23.6 Å². The van der Waals surface area contributed by atoms with Gasteiger partial charge in [-0.3, -0.25) is 14.6 Å². The minimum Gasteiger partial charge on any atom is -0.380 e. The van der Waals surface area contributed by atoms with Gasteiger partial charge in [0.15, 0.2) is 0 Å². The van der Waals surface area contributed by atoms with Crippen LogP contribution >= 0.6 is 0 Å². The Hall–Kier alpha value is -2.26. The predicted molar refractivity (Wildman–Crippen MR) is 101 cm³/mol. The summed E-state index contributed by atoms with van der Waals surface area (Å²) in [5.74, 6) is 0.953. The van der Waals surface area contributed by atoms with Gasteiger partial charge < -0.3 is 9.47 Å². The summed E-state index contributed by atoms with van der Waals surface area (Å²) in [5, 5.41) is 0. The van der Waals surface area contributed by atoms with E-state index in [1.165, 1.54) is 9.80 Å². The summed E-state index contributed by atoms with van der Waals surface area (Å²) in [6, 6.07) is -0.964. The molecule has 0 bridgehead atoms. The molecule has 9 nitrogen and oxygen atoms in total. The summed E-state index contributed by atoms with van der Waals surface area (Å²) in [6.07, 6.45) is 2.26. The maximum atomic E-state index is 13.2. The van der Waals surface area contributed by atoms with Gasteiger partial charge in [-0.15, -0.1) is 0 Å². The van der Waals surface area contributed by atoms with Crippen molar-refractivity contribution in [3.05, 3.63) is 11.4 Å². The van der Waals surface area contributed by atoms with Crippen LogP contribution in [0.1, 0.15) is 37.2 Å². The molecule has 0 spiro atoms. The van der Waals surface area contributed by atoms with Crippen LogP contribution < -0.4 is 4.57 Å². The second kappa shape index (κ2) is 7.29. The standard InChI is InChI=1S/C19H28N5O4/c1-5-27-10-8-22-17(25)15-16(21(4)19(22)26)20-18-23(11-14-7-6-9-28-14)12(2)13(3)24(15)18/h14-15H,5-11H2,1-4H3/q+1. The Morgan fingerprint density at radius 3 is 2.79 bits per heavy atom. The van der Waals surface area contributed by atoms with Crippen LogP contribution in [-0.4, -0.2) is 71.7 Å². The van der Waals surface area contributed by atoms with Crippen molar-refractivity contribution in [1.82, 2.24) is 14.4 Å². The lowest BCUT2D eigenvalue weighted by molar-refractivity contribution is -0.695. The number of rotatable bonds is 6. The first-order valence-electron chi connectivity index (χ1n) is 9.93. The summed E-state index contributed by atoms with van der Waals surface area (Å²) >= 11 is 0. The van der Waals surface area contributed by atoms with Gasteiger partial charge in [0.2, 0.25) is 11.9 Å². The predicted octanol–water partition coefficient (Wildman–Crippen LogP) is 1.09. The van der Waals surface area contributed by atoms with Crippen molar-refractivity contribution in [2.45, 2.75) is 52.3 Å². The van der Waals surface area contributed by atoms with Gasteiger partial charge >= 0.3 is 12.0 Å². The van der Waals surface area contributed by atoms with Crippen LogP contribution in [0, 0.1) is 13.8 Å². The third-order valence-corrected chi connectivity index (χ3v) is 5.90. The monoisotopic (exact) mass is 390 g/mol. The first-order valence-corrected chi connectivity index (χ1v) is 9.93. The largest absolute Gasteiger partial charge is 0.402 e. The van der Waals surface area contributed by atoms with Gasteiger partial charge in [-0.25, -0.2) is 13.9 Å². The Morgan fingerprint density at radius 2 is 2.11 bits per heavy atom. The zero-order valence-electron chi connectivity index (χ0n) is 17.0. The number of urea groups is 1. The zero-order chi connectivity index (χ0) is 20.0. The van der Waals surface area contributed by atoms with Crippen LogP contribution in [0.2, 0.25) is 0 Å². The number of aromatic nitrogens is 2. The van der Waals surface area contributed by atoms with E-state index in [-0.39, 0.29) is 24.6 Å². The maximum absolute atomic E-state index is 13.2. The molecule has 2 saturated heterocycles. The number of imide groups is 1. The molecule has 0 saturated carbocycles. The fourth-order valence-electron chi connectivity index (χ4n) is 4.22. The maximum Gasteiger partial charge on any atom is 0.402 e. The fourth-order valence-corrected chi connectivity index (χ4v) is 4.22. The van der Waals surface area contributed by atoms with Gasteiger partial charge in [-0.2, -0.15) is 0 Å². The van der Waals surface area contributed by atoms with E-state index in [0.29, 0.717) is 31.5 Å². The average molecular weight is 390 g/mol. The van der Waals surface area contributed by atoms with Crippen LogP contribution in [-0.2, 0) is 20.8 Å². The third-order valence-electron chi connectivity index (χ3n) is 5.90. The summed E-state index contributed by atoms with van der Waals surface area (Å²) in [5.41, 5.74) is 2.05. The number of likely N-dealkylation sites (N-methyl/N-ethyl adjacent to an activating group) is 1. The molecule has 2 fully saturated rings. The van der Waals surface area contributed by atoms with Crippen LogP contribution in [0.4, 0.5) is 10.7 Å². The number of imidazole rings is 1. The highest BCUT2D eigenvalue weighted by molar-refractivity contribution is 6.20. The van der Waals surface area contributed by atoms with Gasteiger partial charge in [0, 0.05) is 20.3 Å². The lowest BCUT2D eigenvalue weighted by Gasteiger charge is -2.33. The molecule has 1 aromatic rings. The van der Waals surface area contributed by atoms with E-state index < -0.39 is 6.04 Å². The van der Waals surface area contributed by atoms with Gasteiger partial charge in [0.1, 0.15) is 11.4 Å². The molecule has 9 heteroatoms. The molecular weight excluding hydrogens is 362 g/mol. The molecule has 4 heterocycles. The summed E-state index contributed by atoms with van der Waals surface area (Å²) in [7, 11) is 1.67. The second-order valence-electron chi connectivity index (χ2n) is 7.49. The van der Waals surface area contributed by atoms with Gasteiger partial charge in [-0.1, -0.05) is 4.99 Å². The van der Waals surface area contributed by atoms with Crippen LogP contribution in [0.15, 0.2) is 4.99 Å². The number of amidine groups is 1. The van der Waals surface area contributed by atoms with E-state index in [0.717, 1.165) is 30.8 Å². The lowest BCUT2D eigenvalue weighted by atomic mass is 10.1. The summed E-state index contributed by atoms with van der Waals surface area (Å²) in [6.45, 7) is 8.54. The summed E-state index contributed by atoms with van der Waals surface area (Å²) in [4.78, 5) is 33.4. The van der Waals surface area contributed by atoms with Crippen LogP contribution in [0.5, 0.6) is 0 Å². The van der Waals surface area contributed by atoms with E-state index in [1.54, 1.807) is 7.05 Å². The van der Waals surface area contributed by atoms with E-state index in [4.69, 9.17) is 14.5 Å². The third kappa shape index (κ3) is 2.84. The van der Waals surface area contributed by atoms with Gasteiger partial charge in [0.05, 0.1) is 25.8 Å². The molecule has 28 heavy (non-hydrogen) atoms. The molecule has 2 atom stereocenters. The zero-order valence-corrected chi connectivity index (χ0v) is 17.0. The number of fused-ring (bicyclic) bond motifs is 3. The molecule has 0 aromatic carbocycles. The minimum absolute atomic E-state index is 0.163. The molecule has 1 aromatic heterocycles. The normalized spacial score (nSPS) is 24.1. The fraction of sp³-hybridized carbons (Fsp3) is 0.684. The van der Waals surface area contributed by atoms with Crippen molar-refractivity contribution in [2.24, 2.45) is 4.99 Å². The minimum atomic E-state index is -0.608. The highest BCUT2D eigenvalue weighted by Crippen LogP contribution is 2.35. The Morgan fingerprint density at radius 1 is 1.32 bits per heavy atom. The van der Waals surface area contributed by atoms with Crippen LogP contribution in [0.3, 0.4) is 0 Å². The number of ether oxygens (including phenoxy) is 2. The number of hydrogen-bond acceptors (Lipinski definition) is 5. The van der Waals surface area contributed by atoms with Crippen molar-refractivity contribution >= 4 is 23.7 Å². The molecule has 0 aliphatic carbocycles. The molecule has 0 N–H and O–H groups in total. The molecule has 2 unspecified atom stereocenters. The van der Waals surface area contributed by atoms with E-state index in [9.17, 15) is 9.59 Å². The quantitative estimate of drug-likeness (QED) is 0.538. The SMILES string of the molecule is CCOCCN1C(=O)C2C(=Nc3n2c(C)c(C)[n+]3CC2CCCO2)N(C)C1=O. The smallest absolute Gasteiger partial charge is 0.380 e. The molecule has 4 rings (SSSR count). The molecule has 152 valence electrons. The Bertz CT molecular complexity index is 840. The Kier molecular flexibility index (Phi) is 4.96. The van der Waals surface area contributed by atoms with Crippen molar-refractivity contribution in [3.8, 4) is 0 Å². The Balaban J connectivity index is 1.69. The number of carbonyl (C=O) groups is 2. The van der Waals surface area contributed by atoms with Gasteiger partial charge in [-0.05, 0) is 33.6 Å². The molecule has 3 amide bonds. The molecule has 3 aliphatic rings. The Labute approximate surface area is 164 Å². The van der Waals surface area contributed by atoms with Gasteiger partial charge in [0.25, 0.3) is 5.91 Å². The number of nitrogens with zero attached hydrogens (tertiary/aromatic N) is 5. The van der Waals surface area contributed by atoms with E-state index >= 15 is 0 Å². The number of amides is 3. The van der Waals surface area contributed by atoms with Crippen molar-refractivity contribution in [2.75, 3.05) is 33.4 Å². The van der Waals surface area contributed by atoms with Crippen LogP contribution in [0.25, 0.3) is 0 Å². The average Bonchev–Trinajstić information content (AvgIpc) is 3.37. The van der Waals surface area contributed by atoms with E-state index in [1.807, 2.05) is 25.3 Å². The summed E-state index contributed by atoms with van der Waals surface area (Å²) < 4.78 is 15.2. The molecule has 0 radical (unpaired) electrons. The highest BCUT2D eigenvalue weighted by atomic mass is 16.5. The second-order valence-corrected chi connectivity index (χ2v) is 7.49. The van der Waals surface area contributed by atoms with E-state index in [2.05, 4.69) is 4.57 Å². The molecular formula is C19H28N5O4+. The number of carbonyl (C=O) groups excluding carboxylic acids is 2. The first kappa shape index (κ1) is 19.1. The molecule has 3 aliphatic heterocycles. The first-order chi connectivity index (χ1) is 13.5. The number of aliphatic imine (C=N–C) groups is 1. The van der Waals surface area contributed by atoms with Crippen molar-refractivity contribution in [1.29, 1.82) is 0 Å². The highest BCUT2D eigenvalue weighted by Gasteiger charge is 2.54. The topological polar surface area (TPSA) is 80.2 Å².